The standard InChI is InChI=1S/C22H33N3O/c1-22(14-8-4-2-3-5-9-15-22)24-16-12-18(13-17-24)25-20-11-7-6-10-19(20)23-21(25)26/h6-7,10-11,18H,2-5,8-9,12-17H2,1H3,(H,23,26). The molecule has 1 aromatic heterocycles. The van der Waals surface area contributed by atoms with Gasteiger partial charge in [-0.1, -0.05) is 50.7 Å². The van der Waals surface area contributed by atoms with E-state index in [2.05, 4.69) is 22.9 Å². The summed E-state index contributed by atoms with van der Waals surface area (Å²) in [6.07, 6.45) is 13.2. The fourth-order valence-corrected chi connectivity index (χ4v) is 5.26. The summed E-state index contributed by atoms with van der Waals surface area (Å²) in [5.41, 5.74) is 2.44. The number of H-pyrrole nitrogens is 1. The predicted molar refractivity (Wildman–Crippen MR) is 108 cm³/mol. The number of hydrogen-bond acceptors (Lipinski definition) is 2. The van der Waals surface area contributed by atoms with Crippen LogP contribution in [0, 0.1) is 0 Å². The van der Waals surface area contributed by atoms with Crippen molar-refractivity contribution in [2.24, 2.45) is 0 Å². The van der Waals surface area contributed by atoms with Crippen molar-refractivity contribution >= 4 is 11.0 Å². The Labute approximate surface area is 156 Å². The average Bonchev–Trinajstić information content (AvgIpc) is 3.04. The van der Waals surface area contributed by atoms with Crippen molar-refractivity contribution in [3.05, 3.63) is 34.7 Å². The molecule has 1 saturated carbocycles. The number of nitrogens with zero attached hydrogens (tertiary/aromatic N) is 2. The number of nitrogens with one attached hydrogen (secondary N) is 1. The van der Waals surface area contributed by atoms with Crippen molar-refractivity contribution in [3.8, 4) is 0 Å². The van der Waals surface area contributed by atoms with Crippen LogP contribution in [0.1, 0.15) is 77.2 Å². The minimum atomic E-state index is 0.0540. The highest BCUT2D eigenvalue weighted by molar-refractivity contribution is 5.75. The minimum absolute atomic E-state index is 0.0540. The molecule has 0 spiro atoms. The van der Waals surface area contributed by atoms with E-state index in [9.17, 15) is 4.79 Å². The SMILES string of the molecule is CC1(N2CCC(n3c(=O)[nH]c4ccccc43)CC2)CCCCCCCC1. The molecule has 0 radical (unpaired) electrons. The third-order valence-corrected chi connectivity index (χ3v) is 6.90. The molecule has 2 heterocycles. The predicted octanol–water partition coefficient (Wildman–Crippen LogP) is 4.86. The maximum atomic E-state index is 12.5. The van der Waals surface area contributed by atoms with Crippen molar-refractivity contribution in [2.75, 3.05) is 13.1 Å². The fourth-order valence-electron chi connectivity index (χ4n) is 5.26. The van der Waals surface area contributed by atoms with Gasteiger partial charge in [0.1, 0.15) is 0 Å². The van der Waals surface area contributed by atoms with Gasteiger partial charge in [-0.15, -0.1) is 0 Å². The summed E-state index contributed by atoms with van der Waals surface area (Å²) in [4.78, 5) is 18.3. The molecule has 0 atom stereocenters. The van der Waals surface area contributed by atoms with Crippen LogP contribution >= 0.6 is 0 Å². The van der Waals surface area contributed by atoms with Crippen LogP contribution in [-0.2, 0) is 0 Å². The van der Waals surface area contributed by atoms with Gasteiger partial charge in [-0.25, -0.2) is 4.79 Å². The molecule has 4 nitrogen and oxygen atoms in total. The summed E-state index contributed by atoms with van der Waals surface area (Å²) in [5.74, 6) is 0. The highest BCUT2D eigenvalue weighted by atomic mass is 16.1. The van der Waals surface area contributed by atoms with Gasteiger partial charge < -0.3 is 4.98 Å². The molecule has 4 rings (SSSR count). The molecule has 0 unspecified atom stereocenters. The van der Waals surface area contributed by atoms with Gasteiger partial charge in [0.25, 0.3) is 0 Å². The van der Waals surface area contributed by atoms with Crippen molar-refractivity contribution in [3.63, 3.8) is 0 Å². The zero-order chi connectivity index (χ0) is 18.0. The number of fused-ring (bicyclic) bond motifs is 1. The maximum absolute atomic E-state index is 12.5. The Morgan fingerprint density at radius 2 is 1.58 bits per heavy atom. The number of hydrogen-bond donors (Lipinski definition) is 1. The number of para-hydroxylation sites is 2. The van der Waals surface area contributed by atoms with Crippen molar-refractivity contribution in [1.82, 2.24) is 14.5 Å². The van der Waals surface area contributed by atoms with Crippen LogP contribution in [-0.4, -0.2) is 33.1 Å². The molecule has 4 heteroatoms. The van der Waals surface area contributed by atoms with Gasteiger partial charge >= 0.3 is 5.69 Å². The molecule has 2 aromatic rings. The molecule has 1 aliphatic carbocycles. The van der Waals surface area contributed by atoms with Crippen LogP contribution in [0.2, 0.25) is 0 Å². The van der Waals surface area contributed by atoms with Crippen LogP contribution in [0.5, 0.6) is 0 Å². The van der Waals surface area contributed by atoms with Crippen LogP contribution < -0.4 is 5.69 Å². The Balaban J connectivity index is 1.48. The molecular weight excluding hydrogens is 322 g/mol. The normalized spacial score (nSPS) is 23.4. The first-order valence-corrected chi connectivity index (χ1v) is 10.6. The third kappa shape index (κ3) is 3.48. The molecule has 2 aliphatic rings. The van der Waals surface area contributed by atoms with Gasteiger partial charge in [0.15, 0.2) is 0 Å². The lowest BCUT2D eigenvalue weighted by molar-refractivity contribution is 0.0481. The van der Waals surface area contributed by atoms with E-state index >= 15 is 0 Å². The van der Waals surface area contributed by atoms with E-state index in [1.165, 1.54) is 51.4 Å². The van der Waals surface area contributed by atoms with Gasteiger partial charge in [-0.05, 0) is 44.7 Å². The van der Waals surface area contributed by atoms with Gasteiger partial charge in [0.05, 0.1) is 11.0 Å². The van der Waals surface area contributed by atoms with E-state index in [4.69, 9.17) is 0 Å². The summed E-state index contributed by atoms with van der Waals surface area (Å²) < 4.78 is 2.01. The lowest BCUT2D eigenvalue weighted by atomic mass is 9.85. The molecule has 2 fully saturated rings. The molecule has 0 amide bonds. The lowest BCUT2D eigenvalue weighted by Gasteiger charge is -2.45. The second kappa shape index (κ2) is 7.59. The van der Waals surface area contributed by atoms with Gasteiger partial charge in [-0.2, -0.15) is 0 Å². The molecule has 1 N–H and O–H groups in total. The Morgan fingerprint density at radius 3 is 2.27 bits per heavy atom. The molecule has 26 heavy (non-hydrogen) atoms. The average molecular weight is 356 g/mol. The van der Waals surface area contributed by atoms with Crippen LogP contribution in [0.3, 0.4) is 0 Å². The fraction of sp³-hybridized carbons (Fsp3) is 0.682. The number of likely N-dealkylation sites (tertiary alicyclic amines) is 1. The topological polar surface area (TPSA) is 41.0 Å². The molecule has 1 aliphatic heterocycles. The number of aromatic nitrogens is 2. The zero-order valence-electron chi connectivity index (χ0n) is 16.2. The van der Waals surface area contributed by atoms with Crippen LogP contribution in [0.25, 0.3) is 11.0 Å². The maximum Gasteiger partial charge on any atom is 0.326 e. The quantitative estimate of drug-likeness (QED) is 0.836. The van der Waals surface area contributed by atoms with Gasteiger partial charge in [0.2, 0.25) is 0 Å². The number of aromatic amines is 1. The monoisotopic (exact) mass is 355 g/mol. The Bertz CT molecular complexity index is 772. The van der Waals surface area contributed by atoms with E-state index < -0.39 is 0 Å². The molecular formula is C22H33N3O. The third-order valence-electron chi connectivity index (χ3n) is 6.90. The van der Waals surface area contributed by atoms with Gasteiger partial charge in [-0.3, -0.25) is 9.47 Å². The van der Waals surface area contributed by atoms with E-state index in [1.54, 1.807) is 0 Å². The Hall–Kier alpha value is -1.55. The van der Waals surface area contributed by atoms with Crippen molar-refractivity contribution in [2.45, 2.75) is 82.7 Å². The summed E-state index contributed by atoms with van der Waals surface area (Å²) in [5, 5.41) is 0. The second-order valence-electron chi connectivity index (χ2n) is 8.65. The number of benzene rings is 1. The first-order chi connectivity index (χ1) is 12.7. The summed E-state index contributed by atoms with van der Waals surface area (Å²) in [6, 6.07) is 8.42. The first kappa shape index (κ1) is 17.8. The number of rotatable bonds is 2. The van der Waals surface area contributed by atoms with Gasteiger partial charge in [0, 0.05) is 24.7 Å². The van der Waals surface area contributed by atoms with E-state index in [0.717, 1.165) is 37.0 Å². The highest BCUT2D eigenvalue weighted by Crippen LogP contribution is 2.35. The smallest absolute Gasteiger partial charge is 0.306 e. The first-order valence-electron chi connectivity index (χ1n) is 10.6. The largest absolute Gasteiger partial charge is 0.326 e. The summed E-state index contributed by atoms with van der Waals surface area (Å²) in [7, 11) is 0. The molecule has 1 aromatic carbocycles. The zero-order valence-corrected chi connectivity index (χ0v) is 16.2. The van der Waals surface area contributed by atoms with Crippen LogP contribution in [0.15, 0.2) is 29.1 Å². The van der Waals surface area contributed by atoms with E-state index in [0.29, 0.717) is 11.6 Å². The van der Waals surface area contributed by atoms with E-state index in [-0.39, 0.29) is 5.69 Å². The highest BCUT2D eigenvalue weighted by Gasteiger charge is 2.34. The van der Waals surface area contributed by atoms with Crippen LogP contribution in [0.4, 0.5) is 0 Å². The molecule has 0 bridgehead atoms. The Morgan fingerprint density at radius 1 is 0.962 bits per heavy atom. The molecule has 142 valence electrons. The number of imidazole rings is 1. The lowest BCUT2D eigenvalue weighted by Crippen LogP contribution is -2.50. The van der Waals surface area contributed by atoms with E-state index in [1.807, 2.05) is 22.8 Å². The summed E-state index contributed by atoms with van der Waals surface area (Å²) >= 11 is 0. The minimum Gasteiger partial charge on any atom is -0.306 e. The number of piperidine rings is 1. The second-order valence-corrected chi connectivity index (χ2v) is 8.65. The van der Waals surface area contributed by atoms with Crippen molar-refractivity contribution < 1.29 is 0 Å². The van der Waals surface area contributed by atoms with Crippen molar-refractivity contribution in [1.29, 1.82) is 0 Å². The molecule has 1 saturated heterocycles. The Kier molecular flexibility index (Phi) is 5.21. The summed E-state index contributed by atoms with van der Waals surface area (Å²) in [6.45, 7) is 4.73.